The van der Waals surface area contributed by atoms with Gasteiger partial charge in [0.15, 0.2) is 0 Å². The number of nitrogens with zero attached hydrogens (tertiary/aromatic N) is 1. The normalized spacial score (nSPS) is 17.0. The van der Waals surface area contributed by atoms with Crippen LogP contribution in [0, 0.1) is 5.92 Å². The Morgan fingerprint density at radius 3 is 1.84 bits per heavy atom. The minimum Gasteiger partial charge on any atom is -0.378 e. The third kappa shape index (κ3) is 6.55. The summed E-state index contributed by atoms with van der Waals surface area (Å²) < 4.78 is 0. The highest BCUT2D eigenvalue weighted by Gasteiger charge is 2.45. The zero-order chi connectivity index (χ0) is 41.6. The summed E-state index contributed by atoms with van der Waals surface area (Å²) in [6.07, 6.45) is 8.84. The van der Waals surface area contributed by atoms with E-state index in [0.29, 0.717) is 5.92 Å². The van der Waals surface area contributed by atoms with Crippen LogP contribution in [-0.4, -0.2) is 4.98 Å². The standard InChI is InChI=1S/C60H48N2/c1-40-34-35-60(40,58-27-13-18-43-15-4-8-23-53(43)58)37-59(62-41(2)46-19-11-20-47(36-46)50-26-12-17-42-14-3-6-21-49(42)50)56-33-32-52(54-24-9-10-25-55(54)56)44-28-30-45(31-29-44)57-39-61-38-48-16-5-7-22-51(48)57/h3-33,36-41,62H,34-35H2,1-2H3/b59-37-. The smallest absolute Gasteiger partial charge is 0.0485 e. The summed E-state index contributed by atoms with van der Waals surface area (Å²) in [5.74, 6) is 0.482. The molecule has 1 heterocycles. The number of hydrogen-bond donors (Lipinski definition) is 1. The second-order valence-electron chi connectivity index (χ2n) is 17.3. The highest BCUT2D eigenvalue weighted by Crippen LogP contribution is 2.53. The first kappa shape index (κ1) is 37.7. The quantitative estimate of drug-likeness (QED) is 0.157. The third-order valence-corrected chi connectivity index (χ3v) is 13.8. The van der Waals surface area contributed by atoms with Crippen molar-refractivity contribution >= 4 is 48.8 Å². The molecule has 2 heteroatoms. The molecular formula is C60H48N2. The zero-order valence-corrected chi connectivity index (χ0v) is 35.2. The Labute approximate surface area is 364 Å². The summed E-state index contributed by atoms with van der Waals surface area (Å²) in [6, 6.07) is 71.4. The molecule has 1 fully saturated rings. The SMILES string of the molecule is CC(N/C(=C\C1(c2cccc3ccccc23)CCC1C)c1ccc(-c2ccc(-c3cncc4ccccc34)cc2)c2ccccc12)c1cccc(-c2cccc3ccccc23)c1. The maximum Gasteiger partial charge on any atom is 0.0485 e. The van der Waals surface area contributed by atoms with Gasteiger partial charge in [-0.2, -0.15) is 0 Å². The first-order valence-corrected chi connectivity index (χ1v) is 22.1. The van der Waals surface area contributed by atoms with E-state index in [9.17, 15) is 0 Å². The Hall–Kier alpha value is -7.29. The molecular weight excluding hydrogens is 749 g/mol. The molecule has 0 bridgehead atoms. The van der Waals surface area contributed by atoms with E-state index in [4.69, 9.17) is 0 Å². The van der Waals surface area contributed by atoms with Gasteiger partial charge in [-0.25, -0.2) is 0 Å². The molecule has 1 aliphatic rings. The van der Waals surface area contributed by atoms with Gasteiger partial charge in [-0.05, 0) is 114 Å². The van der Waals surface area contributed by atoms with Gasteiger partial charge in [0.05, 0.1) is 0 Å². The van der Waals surface area contributed by atoms with E-state index in [2.05, 4.69) is 224 Å². The van der Waals surface area contributed by atoms with Crippen LogP contribution in [0.2, 0.25) is 0 Å². The molecule has 11 rings (SSSR count). The van der Waals surface area contributed by atoms with Crippen LogP contribution in [0.15, 0.2) is 213 Å². The lowest BCUT2D eigenvalue weighted by molar-refractivity contribution is 0.195. The van der Waals surface area contributed by atoms with E-state index >= 15 is 0 Å². The monoisotopic (exact) mass is 796 g/mol. The number of allylic oxidation sites excluding steroid dienone is 1. The van der Waals surface area contributed by atoms with Gasteiger partial charge in [0, 0.05) is 46.1 Å². The molecule has 1 aliphatic carbocycles. The van der Waals surface area contributed by atoms with Crippen LogP contribution in [0.3, 0.4) is 0 Å². The number of pyridine rings is 1. The van der Waals surface area contributed by atoms with Crippen molar-refractivity contribution in [1.82, 2.24) is 10.3 Å². The van der Waals surface area contributed by atoms with Crippen molar-refractivity contribution in [3.63, 3.8) is 0 Å². The van der Waals surface area contributed by atoms with Crippen molar-refractivity contribution in [2.24, 2.45) is 5.92 Å². The van der Waals surface area contributed by atoms with Crippen molar-refractivity contribution in [3.8, 4) is 33.4 Å². The molecule has 62 heavy (non-hydrogen) atoms. The summed E-state index contributed by atoms with van der Waals surface area (Å²) in [7, 11) is 0. The largest absolute Gasteiger partial charge is 0.378 e. The van der Waals surface area contributed by atoms with Crippen LogP contribution in [-0.2, 0) is 5.41 Å². The summed E-state index contributed by atoms with van der Waals surface area (Å²) in [4.78, 5) is 4.57. The highest BCUT2D eigenvalue weighted by molar-refractivity contribution is 6.04. The van der Waals surface area contributed by atoms with E-state index in [-0.39, 0.29) is 11.5 Å². The molecule has 1 N–H and O–H groups in total. The van der Waals surface area contributed by atoms with Gasteiger partial charge in [0.1, 0.15) is 0 Å². The van der Waals surface area contributed by atoms with Crippen LogP contribution in [0.5, 0.6) is 0 Å². The zero-order valence-electron chi connectivity index (χ0n) is 35.2. The lowest BCUT2D eigenvalue weighted by atomic mass is 9.56. The molecule has 0 radical (unpaired) electrons. The minimum absolute atomic E-state index is 0.0330. The summed E-state index contributed by atoms with van der Waals surface area (Å²) in [6.45, 7) is 4.75. The van der Waals surface area contributed by atoms with E-state index < -0.39 is 0 Å². The number of fused-ring (bicyclic) bond motifs is 4. The van der Waals surface area contributed by atoms with Crippen molar-refractivity contribution < 1.29 is 0 Å². The molecule has 2 nitrogen and oxygen atoms in total. The van der Waals surface area contributed by atoms with Crippen molar-refractivity contribution in [2.75, 3.05) is 0 Å². The molecule has 10 aromatic rings. The predicted molar refractivity (Wildman–Crippen MR) is 263 cm³/mol. The Morgan fingerprint density at radius 1 is 0.532 bits per heavy atom. The molecule has 1 aromatic heterocycles. The first-order chi connectivity index (χ1) is 30.5. The second-order valence-corrected chi connectivity index (χ2v) is 17.3. The van der Waals surface area contributed by atoms with Gasteiger partial charge >= 0.3 is 0 Å². The van der Waals surface area contributed by atoms with Crippen LogP contribution in [0.25, 0.3) is 82.2 Å². The van der Waals surface area contributed by atoms with Gasteiger partial charge < -0.3 is 5.32 Å². The van der Waals surface area contributed by atoms with Gasteiger partial charge in [0.2, 0.25) is 0 Å². The average Bonchev–Trinajstić information content (AvgIpc) is 3.34. The summed E-state index contributed by atoms with van der Waals surface area (Å²) in [5.41, 5.74) is 12.2. The lowest BCUT2D eigenvalue weighted by Crippen LogP contribution is -2.42. The first-order valence-electron chi connectivity index (χ1n) is 22.1. The van der Waals surface area contributed by atoms with E-state index in [1.807, 2.05) is 12.4 Å². The number of benzene rings is 9. The highest BCUT2D eigenvalue weighted by atomic mass is 14.9. The molecule has 0 aliphatic heterocycles. The Morgan fingerprint density at radius 2 is 1.11 bits per heavy atom. The third-order valence-electron chi connectivity index (χ3n) is 13.8. The lowest BCUT2D eigenvalue weighted by Gasteiger charge is -2.48. The topological polar surface area (TPSA) is 24.9 Å². The molecule has 298 valence electrons. The average molecular weight is 797 g/mol. The van der Waals surface area contributed by atoms with Gasteiger partial charge in [-0.15, -0.1) is 0 Å². The Bertz CT molecular complexity index is 3310. The number of hydrogen-bond acceptors (Lipinski definition) is 2. The fourth-order valence-corrected chi connectivity index (χ4v) is 10.3. The summed E-state index contributed by atoms with van der Waals surface area (Å²) in [5, 5.41) is 14.2. The fourth-order valence-electron chi connectivity index (χ4n) is 10.3. The molecule has 9 aromatic carbocycles. The fraction of sp³-hybridized carbons (Fsp3) is 0.117. The molecule has 0 spiro atoms. The van der Waals surface area contributed by atoms with Crippen molar-refractivity contribution in [3.05, 3.63) is 229 Å². The number of nitrogens with one attached hydrogen (secondary N) is 1. The second kappa shape index (κ2) is 15.6. The molecule has 3 atom stereocenters. The number of rotatable bonds is 9. The predicted octanol–water partition coefficient (Wildman–Crippen LogP) is 15.8. The van der Waals surface area contributed by atoms with E-state index in [1.54, 1.807) is 0 Å². The minimum atomic E-state index is -0.125. The van der Waals surface area contributed by atoms with Crippen LogP contribution >= 0.6 is 0 Å². The number of aromatic nitrogens is 1. The Kier molecular flexibility index (Phi) is 9.50. The van der Waals surface area contributed by atoms with Crippen molar-refractivity contribution in [1.29, 1.82) is 0 Å². The van der Waals surface area contributed by atoms with Gasteiger partial charge in [-0.3, -0.25) is 4.98 Å². The molecule has 0 amide bonds. The van der Waals surface area contributed by atoms with Crippen LogP contribution in [0.4, 0.5) is 0 Å². The van der Waals surface area contributed by atoms with Crippen LogP contribution < -0.4 is 5.32 Å². The van der Waals surface area contributed by atoms with Gasteiger partial charge in [-0.1, -0.05) is 195 Å². The molecule has 3 unspecified atom stereocenters. The maximum absolute atomic E-state index is 4.57. The van der Waals surface area contributed by atoms with Crippen molar-refractivity contribution in [2.45, 2.75) is 38.1 Å². The summed E-state index contributed by atoms with van der Waals surface area (Å²) >= 11 is 0. The maximum atomic E-state index is 4.57. The molecule has 0 saturated heterocycles. The van der Waals surface area contributed by atoms with Crippen LogP contribution in [0.1, 0.15) is 49.4 Å². The van der Waals surface area contributed by atoms with Gasteiger partial charge in [0.25, 0.3) is 0 Å². The Balaban J connectivity index is 1.04. The van der Waals surface area contributed by atoms with E-state index in [1.165, 1.54) is 94.3 Å². The molecule has 1 saturated carbocycles. The van der Waals surface area contributed by atoms with E-state index in [0.717, 1.165) is 17.4 Å².